The van der Waals surface area contributed by atoms with Crippen molar-refractivity contribution < 1.29 is 19.1 Å². The van der Waals surface area contributed by atoms with E-state index in [0.717, 1.165) is 0 Å². The van der Waals surface area contributed by atoms with E-state index in [4.69, 9.17) is 15.2 Å². The van der Waals surface area contributed by atoms with Crippen LogP contribution in [-0.4, -0.2) is 31.6 Å². The van der Waals surface area contributed by atoms with Crippen LogP contribution in [0.15, 0.2) is 54.6 Å². The third-order valence-electron chi connectivity index (χ3n) is 3.06. The van der Waals surface area contributed by atoms with Crippen LogP contribution in [0.2, 0.25) is 0 Å². The molecule has 128 valence electrons. The van der Waals surface area contributed by atoms with Gasteiger partial charge < -0.3 is 20.5 Å². The second-order valence-corrected chi connectivity index (χ2v) is 4.88. The molecule has 0 radical (unpaired) electrons. The average molecular weight is 338 g/mol. The number of benzene rings is 2. The molecule has 6 heteroatoms. The first-order valence-electron chi connectivity index (χ1n) is 7.58. The molecule has 2 aromatic rings. The van der Waals surface area contributed by atoms with Gasteiger partial charge in [-0.1, -0.05) is 42.2 Å². The Balaban J connectivity index is 1.67. The fourth-order valence-electron chi connectivity index (χ4n) is 1.88. The van der Waals surface area contributed by atoms with Crippen molar-refractivity contribution in [1.29, 1.82) is 0 Å². The predicted octanol–water partition coefficient (Wildman–Crippen LogP) is 1.36. The van der Waals surface area contributed by atoms with E-state index >= 15 is 0 Å². The van der Waals surface area contributed by atoms with Gasteiger partial charge in [0.1, 0.15) is 18.1 Å². The minimum Gasteiger partial charge on any atom is -0.484 e. The highest BCUT2D eigenvalue weighted by Crippen LogP contribution is 2.16. The number of hydrogen-bond acceptors (Lipinski definition) is 4. The van der Waals surface area contributed by atoms with Gasteiger partial charge in [-0.3, -0.25) is 9.59 Å². The van der Waals surface area contributed by atoms with Crippen molar-refractivity contribution in [2.75, 3.05) is 19.8 Å². The molecule has 0 bridgehead atoms. The first-order valence-corrected chi connectivity index (χ1v) is 7.58. The molecule has 0 aliphatic carbocycles. The van der Waals surface area contributed by atoms with Crippen LogP contribution in [0.1, 0.15) is 10.4 Å². The maximum absolute atomic E-state index is 11.6. The summed E-state index contributed by atoms with van der Waals surface area (Å²) in [5, 5.41) is 2.61. The summed E-state index contributed by atoms with van der Waals surface area (Å²) in [6, 6.07) is 15.7. The Hall–Kier alpha value is -3.46. The van der Waals surface area contributed by atoms with Crippen molar-refractivity contribution >= 4 is 11.8 Å². The van der Waals surface area contributed by atoms with Crippen molar-refractivity contribution in [3.05, 3.63) is 60.2 Å². The van der Waals surface area contributed by atoms with Crippen LogP contribution in [0.3, 0.4) is 0 Å². The molecule has 0 atom stereocenters. The molecule has 0 saturated carbocycles. The Kier molecular flexibility index (Phi) is 6.89. The van der Waals surface area contributed by atoms with Crippen molar-refractivity contribution in [2.45, 2.75) is 0 Å². The van der Waals surface area contributed by atoms with E-state index in [1.54, 1.807) is 36.4 Å². The number of primary amides is 1. The summed E-state index contributed by atoms with van der Waals surface area (Å²) >= 11 is 0. The van der Waals surface area contributed by atoms with Crippen LogP contribution >= 0.6 is 0 Å². The van der Waals surface area contributed by atoms with E-state index in [1.165, 1.54) is 0 Å². The highest BCUT2D eigenvalue weighted by molar-refractivity contribution is 5.95. The van der Waals surface area contributed by atoms with Gasteiger partial charge in [0.25, 0.3) is 11.8 Å². The number of ether oxygens (including phenoxy) is 2. The molecule has 6 nitrogen and oxygen atoms in total. The Morgan fingerprint density at radius 1 is 0.960 bits per heavy atom. The number of carbonyl (C=O) groups is 2. The second-order valence-electron chi connectivity index (χ2n) is 4.88. The van der Waals surface area contributed by atoms with Crippen molar-refractivity contribution in [2.24, 2.45) is 5.73 Å². The lowest BCUT2D eigenvalue weighted by Crippen LogP contribution is -2.29. The van der Waals surface area contributed by atoms with Gasteiger partial charge >= 0.3 is 0 Å². The SMILES string of the molecule is NC(=O)c1ccccc1OCC#CCNC(=O)COc1ccccc1. The van der Waals surface area contributed by atoms with Gasteiger partial charge in [0.05, 0.1) is 12.1 Å². The zero-order chi connectivity index (χ0) is 17.9. The van der Waals surface area contributed by atoms with Crippen molar-refractivity contribution in [1.82, 2.24) is 5.32 Å². The van der Waals surface area contributed by atoms with Crippen LogP contribution < -0.4 is 20.5 Å². The molecule has 0 saturated heterocycles. The van der Waals surface area contributed by atoms with Crippen molar-refractivity contribution in [3.8, 4) is 23.3 Å². The fraction of sp³-hybridized carbons (Fsp3) is 0.158. The summed E-state index contributed by atoms with van der Waals surface area (Å²) in [4.78, 5) is 22.8. The van der Waals surface area contributed by atoms with Gasteiger partial charge in [0.15, 0.2) is 6.61 Å². The zero-order valence-corrected chi connectivity index (χ0v) is 13.5. The van der Waals surface area contributed by atoms with E-state index in [9.17, 15) is 9.59 Å². The van der Waals surface area contributed by atoms with Gasteiger partial charge in [0.2, 0.25) is 0 Å². The Labute approximate surface area is 145 Å². The molecule has 2 rings (SSSR count). The summed E-state index contributed by atoms with van der Waals surface area (Å²) in [5.74, 6) is 5.69. The van der Waals surface area contributed by atoms with Gasteiger partial charge in [-0.2, -0.15) is 0 Å². The molecule has 0 aliphatic rings. The molecule has 3 N–H and O–H groups in total. The van der Waals surface area contributed by atoms with Crippen molar-refractivity contribution in [3.63, 3.8) is 0 Å². The second kappa shape index (κ2) is 9.63. The number of nitrogens with one attached hydrogen (secondary N) is 1. The molecule has 0 aromatic heterocycles. The third kappa shape index (κ3) is 6.28. The van der Waals surface area contributed by atoms with Gasteiger partial charge in [-0.15, -0.1) is 0 Å². The first-order chi connectivity index (χ1) is 12.2. The lowest BCUT2D eigenvalue weighted by atomic mass is 10.2. The number of carbonyl (C=O) groups excluding carboxylic acids is 2. The molecular formula is C19H18N2O4. The van der Waals surface area contributed by atoms with Crippen LogP contribution in [0.5, 0.6) is 11.5 Å². The summed E-state index contributed by atoms with van der Waals surface area (Å²) in [6.45, 7) is 0.187. The molecule has 0 heterocycles. The van der Waals surface area contributed by atoms with Crippen LogP contribution in [0.4, 0.5) is 0 Å². The molecule has 0 fully saturated rings. The highest BCUT2D eigenvalue weighted by atomic mass is 16.5. The monoisotopic (exact) mass is 338 g/mol. The van der Waals surface area contributed by atoms with E-state index < -0.39 is 5.91 Å². The van der Waals surface area contributed by atoms with Crippen LogP contribution in [-0.2, 0) is 4.79 Å². The molecule has 2 amide bonds. The maximum Gasteiger partial charge on any atom is 0.258 e. The number of nitrogens with two attached hydrogens (primary N) is 1. The summed E-state index contributed by atoms with van der Waals surface area (Å²) in [7, 11) is 0. The normalized spacial score (nSPS) is 9.44. The molecule has 0 aliphatic heterocycles. The van der Waals surface area contributed by atoms with Gasteiger partial charge in [0, 0.05) is 0 Å². The van der Waals surface area contributed by atoms with E-state index in [1.807, 2.05) is 18.2 Å². The van der Waals surface area contributed by atoms with E-state index in [0.29, 0.717) is 17.1 Å². The van der Waals surface area contributed by atoms with Gasteiger partial charge in [-0.25, -0.2) is 0 Å². The molecular weight excluding hydrogens is 320 g/mol. The third-order valence-corrected chi connectivity index (χ3v) is 3.06. The minimum absolute atomic E-state index is 0.0752. The fourth-order valence-corrected chi connectivity index (χ4v) is 1.88. The Morgan fingerprint density at radius 3 is 2.44 bits per heavy atom. The number of rotatable bonds is 7. The van der Waals surface area contributed by atoms with Crippen LogP contribution in [0, 0.1) is 11.8 Å². The van der Waals surface area contributed by atoms with Gasteiger partial charge in [-0.05, 0) is 24.3 Å². The molecule has 0 unspecified atom stereocenters. The van der Waals surface area contributed by atoms with E-state index in [-0.39, 0.29) is 25.7 Å². The lowest BCUT2D eigenvalue weighted by Gasteiger charge is -2.06. The topological polar surface area (TPSA) is 90.7 Å². The molecule has 2 aromatic carbocycles. The standard InChI is InChI=1S/C19H18N2O4/c20-19(23)16-10-4-5-11-17(16)24-13-7-6-12-21-18(22)14-25-15-8-2-1-3-9-15/h1-5,8-11H,12-14H2,(H2,20,23)(H,21,22). The summed E-state index contributed by atoms with van der Waals surface area (Å²) < 4.78 is 10.7. The Bertz CT molecular complexity index is 779. The number of amides is 2. The number of hydrogen-bond donors (Lipinski definition) is 2. The largest absolute Gasteiger partial charge is 0.484 e. The lowest BCUT2D eigenvalue weighted by molar-refractivity contribution is -0.122. The first kappa shape index (κ1) is 17.9. The quantitative estimate of drug-likeness (QED) is 0.746. The molecule has 25 heavy (non-hydrogen) atoms. The summed E-state index contributed by atoms with van der Waals surface area (Å²) in [6.07, 6.45) is 0. The highest BCUT2D eigenvalue weighted by Gasteiger charge is 2.07. The van der Waals surface area contributed by atoms with E-state index in [2.05, 4.69) is 17.2 Å². The van der Waals surface area contributed by atoms with Crippen LogP contribution in [0.25, 0.3) is 0 Å². The summed E-state index contributed by atoms with van der Waals surface area (Å²) in [5.41, 5.74) is 5.56. The Morgan fingerprint density at radius 2 is 1.68 bits per heavy atom. The number of para-hydroxylation sites is 2. The predicted molar refractivity (Wildman–Crippen MR) is 93.2 cm³/mol. The average Bonchev–Trinajstić information content (AvgIpc) is 2.64. The molecule has 0 spiro atoms. The maximum atomic E-state index is 11.6. The minimum atomic E-state index is -0.561. The smallest absolute Gasteiger partial charge is 0.258 e. The zero-order valence-electron chi connectivity index (χ0n) is 13.5.